The highest BCUT2D eigenvalue weighted by Gasteiger charge is 2.81. The van der Waals surface area contributed by atoms with Gasteiger partial charge in [-0.15, -0.1) is 0 Å². The van der Waals surface area contributed by atoms with Crippen LogP contribution >= 0.6 is 22.6 Å². The van der Waals surface area contributed by atoms with E-state index in [2.05, 4.69) is 14.2 Å². The van der Waals surface area contributed by atoms with Crippen LogP contribution in [-0.2, 0) is 19.0 Å². The molecule has 2 unspecified atom stereocenters. The molecule has 156 valence electrons. The fourth-order valence-corrected chi connectivity index (χ4v) is 2.43. The Hall–Kier alpha value is -0.300. The van der Waals surface area contributed by atoms with E-state index >= 15 is 0 Å². The molecule has 0 aliphatic carbocycles. The Labute approximate surface area is 162 Å². The highest BCUT2D eigenvalue weighted by molar-refractivity contribution is 14.1. The molecule has 11 heteroatoms. The maximum Gasteiger partial charge on any atom is 0.430 e. The molecule has 0 radical (unpaired) electrons. The third-order valence-electron chi connectivity index (χ3n) is 3.69. The zero-order chi connectivity index (χ0) is 21.1. The molecule has 0 heterocycles. The van der Waals surface area contributed by atoms with E-state index in [-0.39, 0.29) is 6.42 Å². The molecule has 0 fully saturated rings. The molecule has 0 spiro atoms. The Kier molecular flexibility index (Phi) is 8.70. The maximum atomic E-state index is 13.8. The van der Waals surface area contributed by atoms with Crippen molar-refractivity contribution in [3.8, 4) is 0 Å². The second-order valence-electron chi connectivity index (χ2n) is 6.45. The first-order chi connectivity index (χ1) is 11.5. The monoisotopic (exact) mass is 508 g/mol. The van der Waals surface area contributed by atoms with E-state index in [1.165, 1.54) is 13.8 Å². The van der Waals surface area contributed by atoms with Crippen molar-refractivity contribution in [3.63, 3.8) is 0 Å². The number of hydrogen-bond donors (Lipinski definition) is 0. The number of carbonyl (C=O) groups excluding carboxylic acids is 1. The van der Waals surface area contributed by atoms with E-state index in [0.717, 1.165) is 7.11 Å². The van der Waals surface area contributed by atoms with Gasteiger partial charge in [0.05, 0.1) is 0 Å². The third kappa shape index (κ3) is 5.15. The van der Waals surface area contributed by atoms with Crippen LogP contribution in [0.15, 0.2) is 0 Å². The molecule has 0 aromatic carbocycles. The number of ether oxygens (including phenoxy) is 3. The molecule has 0 rings (SSSR count). The van der Waals surface area contributed by atoms with Crippen LogP contribution in [0.4, 0.5) is 26.3 Å². The summed E-state index contributed by atoms with van der Waals surface area (Å²) in [6.07, 6.45) is -13.5. The second-order valence-corrected chi connectivity index (χ2v) is 7.95. The van der Waals surface area contributed by atoms with E-state index in [9.17, 15) is 31.1 Å². The lowest BCUT2D eigenvalue weighted by Gasteiger charge is -2.48. The summed E-state index contributed by atoms with van der Waals surface area (Å²) in [5.74, 6) is -2.03. The van der Waals surface area contributed by atoms with Gasteiger partial charge in [-0.25, -0.2) is 0 Å². The number of hydrogen-bond acceptors (Lipinski definition) is 4. The second kappa shape index (κ2) is 8.80. The smallest absolute Gasteiger partial charge is 0.430 e. The molecule has 0 saturated carbocycles. The summed E-state index contributed by atoms with van der Waals surface area (Å²) in [5.41, 5.74) is -7.89. The molecule has 26 heavy (non-hydrogen) atoms. The number of rotatable bonds is 8. The highest BCUT2D eigenvalue weighted by atomic mass is 127. The van der Waals surface area contributed by atoms with Crippen LogP contribution in [-0.4, -0.2) is 46.8 Å². The molecular weight excluding hydrogens is 485 g/mol. The van der Waals surface area contributed by atoms with Gasteiger partial charge in [-0.3, -0.25) is 4.79 Å². The quantitative estimate of drug-likeness (QED) is 0.152. The topological polar surface area (TPSA) is 44.8 Å². The average molecular weight is 508 g/mol. The van der Waals surface area contributed by atoms with Crippen molar-refractivity contribution in [3.05, 3.63) is 0 Å². The van der Waals surface area contributed by atoms with Crippen LogP contribution in [0.2, 0.25) is 0 Å². The van der Waals surface area contributed by atoms with Crippen molar-refractivity contribution < 1.29 is 45.3 Å². The lowest BCUT2D eigenvalue weighted by atomic mass is 9.83. The van der Waals surface area contributed by atoms with Crippen molar-refractivity contribution in [1.82, 2.24) is 0 Å². The SMILES string of the molecule is CCC(I)C(=O)OC(C)(C)C(OC(OC)C(C)C)(C(F)(F)F)C(F)(F)F. The molecule has 0 aliphatic rings. The Balaban J connectivity index is 6.41. The van der Waals surface area contributed by atoms with E-state index < -0.39 is 45.7 Å². The fourth-order valence-electron chi connectivity index (χ4n) is 2.30. The molecule has 0 aliphatic heterocycles. The van der Waals surface area contributed by atoms with Crippen molar-refractivity contribution >= 4 is 28.6 Å². The minimum atomic E-state index is -5.94. The van der Waals surface area contributed by atoms with E-state index in [0.29, 0.717) is 13.8 Å². The van der Waals surface area contributed by atoms with Gasteiger partial charge in [0.25, 0.3) is 0 Å². The zero-order valence-electron chi connectivity index (χ0n) is 15.2. The first-order valence-corrected chi connectivity index (χ1v) is 8.94. The number of alkyl halides is 7. The number of carbonyl (C=O) groups is 1. The molecule has 4 nitrogen and oxygen atoms in total. The van der Waals surface area contributed by atoms with E-state index in [1.54, 1.807) is 29.5 Å². The zero-order valence-corrected chi connectivity index (χ0v) is 17.4. The van der Waals surface area contributed by atoms with Gasteiger partial charge in [-0.1, -0.05) is 43.4 Å². The Morgan fingerprint density at radius 1 is 1.04 bits per heavy atom. The minimum Gasteiger partial charge on any atom is -0.455 e. The van der Waals surface area contributed by atoms with Crippen molar-refractivity contribution in [2.45, 2.75) is 74.8 Å². The fraction of sp³-hybridized carbons (Fsp3) is 0.933. The van der Waals surface area contributed by atoms with Gasteiger partial charge < -0.3 is 14.2 Å². The Bertz CT molecular complexity index is 462. The highest BCUT2D eigenvalue weighted by Crippen LogP contribution is 2.54. The minimum absolute atomic E-state index is 0.175. The predicted octanol–water partition coefficient (Wildman–Crippen LogP) is 5.03. The van der Waals surface area contributed by atoms with Crippen LogP contribution in [0, 0.1) is 5.92 Å². The summed E-state index contributed by atoms with van der Waals surface area (Å²) in [6.45, 7) is 5.27. The maximum absolute atomic E-state index is 13.8. The van der Waals surface area contributed by atoms with Gasteiger partial charge >= 0.3 is 23.9 Å². The van der Waals surface area contributed by atoms with Crippen LogP contribution in [0.25, 0.3) is 0 Å². The van der Waals surface area contributed by atoms with Gasteiger partial charge in [0.2, 0.25) is 0 Å². The van der Waals surface area contributed by atoms with Crippen LogP contribution in [0.3, 0.4) is 0 Å². The van der Waals surface area contributed by atoms with Crippen molar-refractivity contribution in [1.29, 1.82) is 0 Å². The summed E-state index contributed by atoms with van der Waals surface area (Å²) in [6, 6.07) is 0. The summed E-state index contributed by atoms with van der Waals surface area (Å²) >= 11 is 1.58. The molecule has 2 atom stereocenters. The molecular formula is C15H23F6IO4. The van der Waals surface area contributed by atoms with Gasteiger partial charge in [-0.05, 0) is 20.3 Å². The molecule has 0 bridgehead atoms. The van der Waals surface area contributed by atoms with Crippen LogP contribution in [0.5, 0.6) is 0 Å². The van der Waals surface area contributed by atoms with Crippen molar-refractivity contribution in [2.24, 2.45) is 5.92 Å². The molecule has 0 amide bonds. The Morgan fingerprint density at radius 2 is 1.46 bits per heavy atom. The number of halogens is 7. The average Bonchev–Trinajstić information content (AvgIpc) is 2.43. The third-order valence-corrected chi connectivity index (χ3v) is 5.08. The normalized spacial score (nSPS) is 16.5. The van der Waals surface area contributed by atoms with E-state index in [1.807, 2.05) is 0 Å². The number of methoxy groups -OCH3 is 1. The standard InChI is InChI=1S/C15H23F6IO4/c1-7-9(22)10(23)25-12(4,5)13(14(16,17)18,15(19,20)21)26-11(24-6)8(2)3/h8-9,11H,7H2,1-6H3. The van der Waals surface area contributed by atoms with Crippen LogP contribution in [0.1, 0.15) is 41.0 Å². The largest absolute Gasteiger partial charge is 0.455 e. The summed E-state index contributed by atoms with van der Waals surface area (Å²) in [4.78, 5) is 11.9. The first-order valence-electron chi connectivity index (χ1n) is 7.69. The Morgan fingerprint density at radius 3 is 1.73 bits per heavy atom. The lowest BCUT2D eigenvalue weighted by molar-refractivity contribution is -0.445. The molecule has 0 aromatic rings. The number of esters is 1. The summed E-state index contributed by atoms with van der Waals surface area (Å²) in [7, 11) is 0.930. The van der Waals surface area contributed by atoms with E-state index in [4.69, 9.17) is 0 Å². The predicted molar refractivity (Wildman–Crippen MR) is 89.8 cm³/mol. The van der Waals surface area contributed by atoms with Gasteiger partial charge in [-0.2, -0.15) is 26.3 Å². The summed E-state index contributed by atoms with van der Waals surface area (Å²) < 4.78 is 95.5. The summed E-state index contributed by atoms with van der Waals surface area (Å²) in [5, 5.41) is 0. The van der Waals surface area contributed by atoms with Crippen LogP contribution < -0.4 is 0 Å². The van der Waals surface area contributed by atoms with Crippen molar-refractivity contribution in [2.75, 3.05) is 7.11 Å². The lowest BCUT2D eigenvalue weighted by Crippen LogP contribution is -2.72. The van der Waals surface area contributed by atoms with Gasteiger partial charge in [0.1, 0.15) is 3.92 Å². The molecule has 0 saturated heterocycles. The van der Waals surface area contributed by atoms with Gasteiger partial charge in [0, 0.05) is 13.0 Å². The first kappa shape index (κ1) is 25.7. The molecule has 0 N–H and O–H groups in total. The molecule has 0 aromatic heterocycles. The van der Waals surface area contributed by atoms with Gasteiger partial charge in [0.15, 0.2) is 11.9 Å².